The average Bonchev–Trinajstić information content (AvgIpc) is 2.65. The van der Waals surface area contributed by atoms with Crippen molar-refractivity contribution in [3.63, 3.8) is 0 Å². The molecule has 0 saturated heterocycles. The Labute approximate surface area is 91.1 Å². The van der Waals surface area contributed by atoms with Crippen molar-refractivity contribution in [3.8, 4) is 0 Å². The van der Waals surface area contributed by atoms with Gasteiger partial charge in [-0.25, -0.2) is 15.0 Å². The molecule has 2 aromatic rings. The van der Waals surface area contributed by atoms with Gasteiger partial charge >= 0.3 is 0 Å². The molecule has 0 bridgehead atoms. The molecule has 0 fully saturated rings. The predicted octanol–water partition coefficient (Wildman–Crippen LogP) is 1.38. The fourth-order valence-electron chi connectivity index (χ4n) is 0.958. The first-order valence-corrected chi connectivity index (χ1v) is 5.20. The fourth-order valence-corrected chi connectivity index (χ4v) is 1.61. The molecule has 0 aliphatic rings. The van der Waals surface area contributed by atoms with Crippen LogP contribution in [0.2, 0.25) is 0 Å². The zero-order valence-corrected chi connectivity index (χ0v) is 8.99. The van der Waals surface area contributed by atoms with Crippen LogP contribution in [0.4, 0.5) is 0 Å². The summed E-state index contributed by atoms with van der Waals surface area (Å²) in [6.45, 7) is 2.31. The molecule has 0 atom stereocenters. The van der Waals surface area contributed by atoms with Gasteiger partial charge in [0.2, 0.25) is 0 Å². The molecule has 0 saturated carbocycles. The first-order valence-electron chi connectivity index (χ1n) is 4.39. The summed E-state index contributed by atoms with van der Waals surface area (Å²) in [4.78, 5) is 12.4. The van der Waals surface area contributed by atoms with Crippen LogP contribution in [0, 0.1) is 6.92 Å². The Morgan fingerprint density at radius 2 is 2.13 bits per heavy atom. The maximum atomic E-state index is 5.44. The van der Waals surface area contributed by atoms with E-state index in [1.807, 2.05) is 6.92 Å². The van der Waals surface area contributed by atoms with Crippen molar-refractivity contribution in [2.24, 2.45) is 5.73 Å². The predicted molar refractivity (Wildman–Crippen MR) is 55.3 cm³/mol. The largest absolute Gasteiger partial charge is 0.439 e. The molecule has 78 valence electrons. The Hall–Kier alpha value is -1.40. The van der Waals surface area contributed by atoms with Crippen molar-refractivity contribution in [3.05, 3.63) is 29.9 Å². The third-order valence-corrected chi connectivity index (χ3v) is 2.45. The normalized spacial score (nSPS) is 10.5. The minimum absolute atomic E-state index is 0.447. The molecule has 0 spiro atoms. The van der Waals surface area contributed by atoms with Gasteiger partial charge in [0, 0.05) is 36.3 Å². The SMILES string of the molecule is Cc1coc(Sc2ncc(CN)cn2)n1. The van der Waals surface area contributed by atoms with Gasteiger partial charge in [0.15, 0.2) is 5.16 Å². The van der Waals surface area contributed by atoms with Crippen LogP contribution in [-0.4, -0.2) is 15.0 Å². The molecule has 5 nitrogen and oxygen atoms in total. The van der Waals surface area contributed by atoms with Crippen LogP contribution in [0.5, 0.6) is 0 Å². The number of hydrogen-bond acceptors (Lipinski definition) is 6. The van der Waals surface area contributed by atoms with E-state index in [1.165, 1.54) is 11.8 Å². The lowest BCUT2D eigenvalue weighted by molar-refractivity contribution is 0.453. The van der Waals surface area contributed by atoms with Crippen molar-refractivity contribution >= 4 is 11.8 Å². The molecule has 2 aromatic heterocycles. The summed E-state index contributed by atoms with van der Waals surface area (Å²) < 4.78 is 5.17. The van der Waals surface area contributed by atoms with Crippen LogP contribution in [-0.2, 0) is 6.54 Å². The Balaban J connectivity index is 2.11. The molecule has 0 amide bonds. The van der Waals surface area contributed by atoms with Crippen LogP contribution in [0.25, 0.3) is 0 Å². The number of aryl methyl sites for hydroxylation is 1. The van der Waals surface area contributed by atoms with Gasteiger partial charge in [-0.15, -0.1) is 0 Å². The number of rotatable bonds is 3. The maximum Gasteiger partial charge on any atom is 0.263 e. The summed E-state index contributed by atoms with van der Waals surface area (Å²) in [5.41, 5.74) is 7.19. The highest BCUT2D eigenvalue weighted by atomic mass is 32.2. The molecule has 15 heavy (non-hydrogen) atoms. The van der Waals surface area contributed by atoms with E-state index in [9.17, 15) is 0 Å². The number of nitrogens with zero attached hydrogens (tertiary/aromatic N) is 3. The minimum Gasteiger partial charge on any atom is -0.439 e. The first-order chi connectivity index (χ1) is 7.28. The molecule has 0 aliphatic carbocycles. The second kappa shape index (κ2) is 4.41. The summed E-state index contributed by atoms with van der Waals surface area (Å²) in [7, 11) is 0. The summed E-state index contributed by atoms with van der Waals surface area (Å²) in [5, 5.41) is 1.15. The van der Waals surface area contributed by atoms with Gasteiger partial charge in [0.25, 0.3) is 5.22 Å². The van der Waals surface area contributed by atoms with Gasteiger partial charge < -0.3 is 10.2 Å². The van der Waals surface area contributed by atoms with Crippen molar-refractivity contribution in [2.45, 2.75) is 23.8 Å². The molecule has 2 N–H and O–H groups in total. The highest BCUT2D eigenvalue weighted by molar-refractivity contribution is 7.98. The van der Waals surface area contributed by atoms with E-state index in [0.717, 1.165) is 11.3 Å². The number of oxazole rings is 1. The molecule has 0 aliphatic heterocycles. The van der Waals surface area contributed by atoms with Crippen LogP contribution < -0.4 is 5.73 Å². The van der Waals surface area contributed by atoms with Crippen LogP contribution in [0.1, 0.15) is 11.3 Å². The summed E-state index contributed by atoms with van der Waals surface area (Å²) in [6.07, 6.45) is 4.99. The van der Waals surface area contributed by atoms with E-state index >= 15 is 0 Å². The van der Waals surface area contributed by atoms with Gasteiger partial charge in [-0.2, -0.15) is 0 Å². The van der Waals surface area contributed by atoms with Gasteiger partial charge in [0.1, 0.15) is 6.26 Å². The van der Waals surface area contributed by atoms with E-state index in [4.69, 9.17) is 10.2 Å². The lowest BCUT2D eigenvalue weighted by Gasteiger charge is -1.96. The maximum absolute atomic E-state index is 5.44. The van der Waals surface area contributed by atoms with Crippen LogP contribution in [0.3, 0.4) is 0 Å². The van der Waals surface area contributed by atoms with Gasteiger partial charge in [0.05, 0.1) is 5.69 Å². The van der Waals surface area contributed by atoms with Crippen LogP contribution in [0.15, 0.2) is 33.5 Å². The van der Waals surface area contributed by atoms with E-state index in [-0.39, 0.29) is 0 Å². The average molecular weight is 222 g/mol. The Morgan fingerprint density at radius 1 is 1.40 bits per heavy atom. The smallest absolute Gasteiger partial charge is 0.263 e. The number of aromatic nitrogens is 3. The van der Waals surface area contributed by atoms with E-state index < -0.39 is 0 Å². The van der Waals surface area contributed by atoms with E-state index in [0.29, 0.717) is 16.9 Å². The highest BCUT2D eigenvalue weighted by Crippen LogP contribution is 2.22. The summed E-state index contributed by atoms with van der Waals surface area (Å²) in [5.74, 6) is 0. The zero-order chi connectivity index (χ0) is 10.7. The highest BCUT2D eigenvalue weighted by Gasteiger charge is 2.05. The molecule has 0 unspecified atom stereocenters. The molecular weight excluding hydrogens is 212 g/mol. The third kappa shape index (κ3) is 2.54. The molecular formula is C9H10N4OS. The molecule has 6 heteroatoms. The van der Waals surface area contributed by atoms with Gasteiger partial charge in [-0.05, 0) is 6.92 Å². The Kier molecular flexibility index (Phi) is 2.98. The summed E-state index contributed by atoms with van der Waals surface area (Å²) >= 11 is 1.29. The molecule has 0 aromatic carbocycles. The molecule has 2 heterocycles. The second-order valence-corrected chi connectivity index (χ2v) is 3.85. The van der Waals surface area contributed by atoms with E-state index in [2.05, 4.69) is 15.0 Å². The standard InChI is InChI=1S/C9H10N4OS/c1-6-5-14-9(13-6)15-8-11-3-7(2-10)4-12-8/h3-5H,2,10H2,1H3. The number of hydrogen-bond donors (Lipinski definition) is 1. The van der Waals surface area contributed by atoms with E-state index in [1.54, 1.807) is 18.7 Å². The Bertz CT molecular complexity index is 440. The van der Waals surface area contributed by atoms with Crippen molar-refractivity contribution < 1.29 is 4.42 Å². The zero-order valence-electron chi connectivity index (χ0n) is 8.17. The monoisotopic (exact) mass is 222 g/mol. The lowest BCUT2D eigenvalue weighted by Crippen LogP contribution is -1.98. The quantitative estimate of drug-likeness (QED) is 0.790. The first kappa shape index (κ1) is 10.1. The summed E-state index contributed by atoms with van der Waals surface area (Å²) in [6, 6.07) is 0. The van der Waals surface area contributed by atoms with Gasteiger partial charge in [-0.1, -0.05) is 0 Å². The lowest BCUT2D eigenvalue weighted by atomic mass is 10.4. The van der Waals surface area contributed by atoms with Crippen molar-refractivity contribution in [1.29, 1.82) is 0 Å². The van der Waals surface area contributed by atoms with Crippen molar-refractivity contribution in [1.82, 2.24) is 15.0 Å². The Morgan fingerprint density at radius 3 is 2.67 bits per heavy atom. The number of nitrogens with two attached hydrogens (primary N) is 1. The van der Waals surface area contributed by atoms with Crippen LogP contribution >= 0.6 is 11.8 Å². The van der Waals surface area contributed by atoms with Gasteiger partial charge in [-0.3, -0.25) is 0 Å². The fraction of sp³-hybridized carbons (Fsp3) is 0.222. The molecule has 0 radical (unpaired) electrons. The molecule has 2 rings (SSSR count). The third-order valence-electron chi connectivity index (χ3n) is 1.69. The second-order valence-electron chi connectivity index (χ2n) is 2.93. The van der Waals surface area contributed by atoms with Crippen molar-refractivity contribution in [2.75, 3.05) is 0 Å². The topological polar surface area (TPSA) is 77.8 Å². The minimum atomic E-state index is 0.447.